The molecule has 4 aromatic rings. The Morgan fingerprint density at radius 3 is 2.24 bits per heavy atom. The molecule has 12 heteroatoms. The first-order chi connectivity index (χ1) is 22.0. The van der Waals surface area contributed by atoms with Gasteiger partial charge in [0.2, 0.25) is 0 Å². The Morgan fingerprint density at radius 1 is 0.804 bits per heavy atom. The molecule has 2 atom stereocenters. The highest BCUT2D eigenvalue weighted by molar-refractivity contribution is 6.09. The number of aromatic nitrogens is 1. The van der Waals surface area contributed by atoms with Gasteiger partial charge in [0, 0.05) is 60.2 Å². The van der Waals surface area contributed by atoms with E-state index in [0.717, 1.165) is 24.2 Å². The maximum absolute atomic E-state index is 13.6. The second-order valence-corrected chi connectivity index (χ2v) is 11.4. The minimum atomic E-state index is -4.57. The van der Waals surface area contributed by atoms with Gasteiger partial charge in [-0.05, 0) is 66.9 Å². The number of carbonyl (C=O) groups is 2. The number of rotatable bonds is 7. The quantitative estimate of drug-likeness (QED) is 0.259. The molecule has 6 rings (SSSR count). The number of pyridine rings is 1. The van der Waals surface area contributed by atoms with Crippen LogP contribution in [-0.2, 0) is 12.7 Å². The van der Waals surface area contributed by atoms with Crippen LogP contribution in [0.1, 0.15) is 44.3 Å². The Hall–Kier alpha value is -5.26. The van der Waals surface area contributed by atoms with Crippen molar-refractivity contribution >= 4 is 28.9 Å². The summed E-state index contributed by atoms with van der Waals surface area (Å²) in [5.41, 5.74) is 1.42. The van der Waals surface area contributed by atoms with E-state index in [1.165, 1.54) is 32.4 Å². The van der Waals surface area contributed by atoms with Crippen molar-refractivity contribution in [1.29, 1.82) is 0 Å². The number of ether oxygens (including phenoxy) is 2. The molecule has 0 spiro atoms. The summed E-state index contributed by atoms with van der Waals surface area (Å²) < 4.78 is 52.2. The number of alkyl halides is 3. The summed E-state index contributed by atoms with van der Waals surface area (Å²) in [6, 6.07) is 19.2. The number of hydrogen-bond donors (Lipinski definition) is 2. The van der Waals surface area contributed by atoms with Gasteiger partial charge in [-0.3, -0.25) is 14.4 Å². The van der Waals surface area contributed by atoms with Gasteiger partial charge < -0.3 is 29.6 Å². The van der Waals surface area contributed by atoms with Gasteiger partial charge in [-0.15, -0.1) is 0 Å². The van der Waals surface area contributed by atoms with Crippen molar-refractivity contribution in [1.82, 2.24) is 4.57 Å². The van der Waals surface area contributed by atoms with E-state index in [2.05, 4.69) is 15.5 Å². The summed E-state index contributed by atoms with van der Waals surface area (Å²) in [6.45, 7) is 1.76. The molecule has 0 saturated carbocycles. The Kier molecular flexibility index (Phi) is 8.20. The normalized spacial score (nSPS) is 17.1. The molecule has 1 aromatic heterocycles. The number of benzene rings is 3. The highest BCUT2D eigenvalue weighted by atomic mass is 19.4. The van der Waals surface area contributed by atoms with E-state index >= 15 is 0 Å². The third kappa shape index (κ3) is 6.28. The van der Waals surface area contributed by atoms with E-state index in [9.17, 15) is 27.6 Å². The summed E-state index contributed by atoms with van der Waals surface area (Å²) in [4.78, 5) is 41.6. The number of piperidine rings is 1. The number of halogens is 3. The van der Waals surface area contributed by atoms with Crippen molar-refractivity contribution in [3.05, 3.63) is 112 Å². The fraction of sp³-hybridized carbons (Fsp3) is 0.265. The lowest BCUT2D eigenvalue weighted by Gasteiger charge is -2.44. The van der Waals surface area contributed by atoms with E-state index in [0.29, 0.717) is 42.5 Å². The molecule has 2 aliphatic heterocycles. The SMILES string of the molecule is COc1cc(OC)cc(C(=O)Nc2cc(C(=O)Nc3cccc(C(F)(F)F)c3)ccc2N2CC3CC(C2)c2cccc(=O)n2C3)c1. The van der Waals surface area contributed by atoms with Crippen LogP contribution in [0.2, 0.25) is 0 Å². The molecule has 2 bridgehead atoms. The third-order valence-electron chi connectivity index (χ3n) is 8.39. The standard InChI is InChI=1S/C34H31F3N4O5/c1-45-26-12-22(13-27(16-26)46-2)33(44)39-28-14-21(32(43)38-25-6-3-5-24(15-25)34(35,36)37)9-10-30(28)40-17-20-11-23(19-40)29-7-4-8-31(42)41(29)18-20/h3-10,12-16,20,23H,11,17-19H2,1-2H3,(H,38,43)(H,39,44). The average Bonchev–Trinajstić information content (AvgIpc) is 3.04. The molecule has 46 heavy (non-hydrogen) atoms. The maximum Gasteiger partial charge on any atom is 0.416 e. The van der Waals surface area contributed by atoms with Gasteiger partial charge in [0.05, 0.1) is 31.2 Å². The number of anilines is 3. The van der Waals surface area contributed by atoms with Crippen molar-refractivity contribution < 1.29 is 32.2 Å². The van der Waals surface area contributed by atoms with E-state index in [-0.39, 0.29) is 34.2 Å². The second kappa shape index (κ2) is 12.3. The van der Waals surface area contributed by atoms with Crippen LogP contribution in [0.25, 0.3) is 0 Å². The predicted molar refractivity (Wildman–Crippen MR) is 167 cm³/mol. The summed E-state index contributed by atoms with van der Waals surface area (Å²) in [5, 5.41) is 5.46. The van der Waals surface area contributed by atoms with Crippen LogP contribution in [0, 0.1) is 5.92 Å². The lowest BCUT2D eigenvalue weighted by atomic mass is 9.83. The van der Waals surface area contributed by atoms with Gasteiger partial charge >= 0.3 is 6.18 Å². The van der Waals surface area contributed by atoms with Crippen molar-refractivity contribution in [2.24, 2.45) is 5.92 Å². The molecule has 0 radical (unpaired) electrons. The van der Waals surface area contributed by atoms with Crippen molar-refractivity contribution in [3.63, 3.8) is 0 Å². The average molecular weight is 633 g/mol. The monoisotopic (exact) mass is 632 g/mol. The maximum atomic E-state index is 13.6. The largest absolute Gasteiger partial charge is 0.497 e. The second-order valence-electron chi connectivity index (χ2n) is 11.4. The Labute approximate surface area is 262 Å². The fourth-order valence-electron chi connectivity index (χ4n) is 6.26. The summed E-state index contributed by atoms with van der Waals surface area (Å²) in [5.74, 6) is -0.0393. The van der Waals surface area contributed by atoms with E-state index in [4.69, 9.17) is 9.47 Å². The Balaban J connectivity index is 1.34. The molecule has 1 fully saturated rings. The first-order valence-corrected chi connectivity index (χ1v) is 14.6. The minimum absolute atomic E-state index is 0.0178. The fourth-order valence-corrected chi connectivity index (χ4v) is 6.26. The molecule has 1 saturated heterocycles. The number of nitrogens with one attached hydrogen (secondary N) is 2. The highest BCUT2D eigenvalue weighted by Crippen LogP contribution is 2.40. The first-order valence-electron chi connectivity index (χ1n) is 14.6. The number of fused-ring (bicyclic) bond motifs is 4. The third-order valence-corrected chi connectivity index (χ3v) is 8.39. The zero-order valence-electron chi connectivity index (χ0n) is 25.1. The lowest BCUT2D eigenvalue weighted by Crippen LogP contribution is -2.47. The molecule has 3 heterocycles. The topological polar surface area (TPSA) is 102 Å². The van der Waals surface area contributed by atoms with Crippen LogP contribution < -0.4 is 30.6 Å². The number of methoxy groups -OCH3 is 2. The van der Waals surface area contributed by atoms with Crippen LogP contribution in [0.4, 0.5) is 30.2 Å². The van der Waals surface area contributed by atoms with Gasteiger partial charge in [0.1, 0.15) is 11.5 Å². The smallest absolute Gasteiger partial charge is 0.416 e. The zero-order chi connectivity index (χ0) is 32.6. The molecule has 2 aliphatic rings. The minimum Gasteiger partial charge on any atom is -0.497 e. The van der Waals surface area contributed by atoms with Gasteiger partial charge in [-0.2, -0.15) is 13.2 Å². The van der Waals surface area contributed by atoms with Crippen LogP contribution in [0.3, 0.4) is 0 Å². The van der Waals surface area contributed by atoms with E-state index in [1.807, 2.05) is 10.6 Å². The number of amides is 2. The summed E-state index contributed by atoms with van der Waals surface area (Å²) in [7, 11) is 2.95. The van der Waals surface area contributed by atoms with Crippen molar-refractivity contribution in [2.75, 3.05) is 42.8 Å². The van der Waals surface area contributed by atoms with E-state index < -0.39 is 23.6 Å². The molecule has 9 nitrogen and oxygen atoms in total. The van der Waals surface area contributed by atoms with Crippen LogP contribution in [-0.4, -0.2) is 43.7 Å². The molecule has 3 aromatic carbocycles. The van der Waals surface area contributed by atoms with E-state index in [1.54, 1.807) is 42.5 Å². The lowest BCUT2D eigenvalue weighted by molar-refractivity contribution is -0.137. The number of hydrogen-bond acceptors (Lipinski definition) is 6. The number of carbonyl (C=O) groups excluding carboxylic acids is 2. The van der Waals surface area contributed by atoms with Crippen LogP contribution in [0.5, 0.6) is 11.5 Å². The highest BCUT2D eigenvalue weighted by Gasteiger charge is 2.35. The van der Waals surface area contributed by atoms with Gasteiger partial charge in [0.15, 0.2) is 0 Å². The number of nitrogens with zero attached hydrogens (tertiary/aromatic N) is 2. The Morgan fingerprint density at radius 2 is 1.52 bits per heavy atom. The molecular formula is C34H31F3N4O5. The van der Waals surface area contributed by atoms with Crippen LogP contribution >= 0.6 is 0 Å². The molecule has 0 aliphatic carbocycles. The van der Waals surface area contributed by atoms with Crippen LogP contribution in [0.15, 0.2) is 83.7 Å². The summed E-state index contributed by atoms with van der Waals surface area (Å²) in [6.07, 6.45) is -3.65. The molecule has 238 valence electrons. The molecule has 2 N–H and O–H groups in total. The molecule has 2 unspecified atom stereocenters. The van der Waals surface area contributed by atoms with Gasteiger partial charge in [-0.25, -0.2) is 0 Å². The molecular weight excluding hydrogens is 601 g/mol. The Bertz CT molecular complexity index is 1850. The predicted octanol–water partition coefficient (Wildman–Crippen LogP) is 6.01. The van der Waals surface area contributed by atoms with Crippen molar-refractivity contribution in [3.8, 4) is 11.5 Å². The van der Waals surface area contributed by atoms with Gasteiger partial charge in [-0.1, -0.05) is 12.1 Å². The first kappa shape index (κ1) is 30.8. The van der Waals surface area contributed by atoms with Crippen molar-refractivity contribution in [2.45, 2.75) is 25.1 Å². The summed E-state index contributed by atoms with van der Waals surface area (Å²) >= 11 is 0. The zero-order valence-corrected chi connectivity index (χ0v) is 25.1. The van der Waals surface area contributed by atoms with Gasteiger partial charge in [0.25, 0.3) is 17.4 Å². The molecule has 2 amide bonds.